The first-order valence-corrected chi connectivity index (χ1v) is 8.36. The zero-order chi connectivity index (χ0) is 16.3. The van der Waals surface area contributed by atoms with Gasteiger partial charge < -0.3 is 0 Å². The number of thiazole rings is 1. The van der Waals surface area contributed by atoms with Crippen molar-refractivity contribution in [3.05, 3.63) is 47.0 Å². The summed E-state index contributed by atoms with van der Waals surface area (Å²) in [5.74, 6) is 0. The molecule has 0 radical (unpaired) electrons. The molecule has 5 rings (SSSR count). The van der Waals surface area contributed by atoms with Crippen LogP contribution in [0.3, 0.4) is 0 Å². The molecular weight excluding hydrogens is 320 g/mol. The van der Waals surface area contributed by atoms with Crippen LogP contribution in [0.25, 0.3) is 38.2 Å². The minimum absolute atomic E-state index is 0.691. The molecular formula is C17H12N6S. The van der Waals surface area contributed by atoms with Gasteiger partial charge in [0.1, 0.15) is 11.0 Å². The highest BCUT2D eigenvalue weighted by atomic mass is 32.1. The highest BCUT2D eigenvalue weighted by molar-refractivity contribution is 7.18. The standard InChI is InChI=1S/C17H12N6S/c1-9-3-5-13-15(7-9)22-23(21-13)11-4-6-12-14(8-11)19-16-17(20-12)24-10(2)18-16/h3-8H,1-2H3. The van der Waals surface area contributed by atoms with E-state index in [1.165, 1.54) is 5.56 Å². The predicted molar refractivity (Wildman–Crippen MR) is 94.6 cm³/mol. The Morgan fingerprint density at radius 2 is 1.62 bits per heavy atom. The summed E-state index contributed by atoms with van der Waals surface area (Å²) < 4.78 is 0. The zero-order valence-corrected chi connectivity index (χ0v) is 13.9. The summed E-state index contributed by atoms with van der Waals surface area (Å²) in [6.45, 7) is 4.01. The number of hydrogen-bond donors (Lipinski definition) is 0. The lowest BCUT2D eigenvalue weighted by atomic mass is 10.2. The van der Waals surface area contributed by atoms with Crippen molar-refractivity contribution in [3.63, 3.8) is 0 Å². The molecule has 0 saturated heterocycles. The summed E-state index contributed by atoms with van der Waals surface area (Å²) in [5.41, 5.74) is 6.11. The first kappa shape index (κ1) is 13.5. The Hall–Kier alpha value is -2.93. The fourth-order valence-corrected chi connectivity index (χ4v) is 3.47. The number of hydrogen-bond acceptors (Lipinski definition) is 6. The Kier molecular flexibility index (Phi) is 2.69. The van der Waals surface area contributed by atoms with Crippen molar-refractivity contribution in [1.82, 2.24) is 29.9 Å². The van der Waals surface area contributed by atoms with Crippen molar-refractivity contribution < 1.29 is 0 Å². The van der Waals surface area contributed by atoms with Crippen LogP contribution < -0.4 is 0 Å². The van der Waals surface area contributed by atoms with E-state index in [9.17, 15) is 0 Å². The highest BCUT2D eigenvalue weighted by Crippen LogP contribution is 2.23. The van der Waals surface area contributed by atoms with E-state index in [0.717, 1.165) is 37.6 Å². The van der Waals surface area contributed by atoms with Crippen molar-refractivity contribution in [2.24, 2.45) is 0 Å². The van der Waals surface area contributed by atoms with E-state index < -0.39 is 0 Å². The molecule has 0 amide bonds. The number of aromatic nitrogens is 6. The Morgan fingerprint density at radius 1 is 0.792 bits per heavy atom. The summed E-state index contributed by atoms with van der Waals surface area (Å²) in [4.78, 5) is 16.2. The van der Waals surface area contributed by atoms with Crippen molar-refractivity contribution in [3.8, 4) is 5.69 Å². The molecule has 2 aromatic carbocycles. The van der Waals surface area contributed by atoms with Crippen molar-refractivity contribution >= 4 is 43.9 Å². The normalized spacial score (nSPS) is 11.8. The summed E-state index contributed by atoms with van der Waals surface area (Å²) in [7, 11) is 0. The van der Waals surface area contributed by atoms with Crippen molar-refractivity contribution in [2.75, 3.05) is 0 Å². The summed E-state index contributed by atoms with van der Waals surface area (Å²) >= 11 is 1.56. The van der Waals surface area contributed by atoms with E-state index >= 15 is 0 Å². The lowest BCUT2D eigenvalue weighted by Crippen LogP contribution is -1.99. The van der Waals surface area contributed by atoms with Gasteiger partial charge in [-0.15, -0.1) is 10.2 Å². The van der Waals surface area contributed by atoms with Crippen molar-refractivity contribution in [2.45, 2.75) is 13.8 Å². The minimum Gasteiger partial charge on any atom is -0.232 e. The van der Waals surface area contributed by atoms with Crippen LogP contribution in [-0.4, -0.2) is 29.9 Å². The first-order chi connectivity index (χ1) is 11.7. The van der Waals surface area contributed by atoms with Gasteiger partial charge in [-0.3, -0.25) is 0 Å². The third kappa shape index (κ3) is 2.05. The number of fused-ring (bicyclic) bond motifs is 3. The molecule has 0 aliphatic rings. The van der Waals surface area contributed by atoms with Crippen LogP contribution in [0.4, 0.5) is 0 Å². The van der Waals surface area contributed by atoms with Crippen LogP contribution in [0.5, 0.6) is 0 Å². The van der Waals surface area contributed by atoms with E-state index in [1.54, 1.807) is 16.1 Å². The molecule has 3 aromatic heterocycles. The second-order valence-electron chi connectivity index (χ2n) is 5.74. The van der Waals surface area contributed by atoms with Crippen molar-refractivity contribution in [1.29, 1.82) is 0 Å². The molecule has 0 aliphatic carbocycles. The molecule has 0 saturated carbocycles. The van der Waals surface area contributed by atoms with E-state index in [1.807, 2.05) is 50.2 Å². The van der Waals surface area contributed by atoms with Gasteiger partial charge in [0.05, 0.1) is 21.7 Å². The largest absolute Gasteiger partial charge is 0.232 e. The maximum Gasteiger partial charge on any atom is 0.190 e. The minimum atomic E-state index is 0.691. The summed E-state index contributed by atoms with van der Waals surface area (Å²) in [6.07, 6.45) is 0. The van der Waals surface area contributed by atoms with E-state index in [-0.39, 0.29) is 0 Å². The topological polar surface area (TPSA) is 69.4 Å². The van der Waals surface area contributed by atoms with E-state index in [0.29, 0.717) is 5.65 Å². The average molecular weight is 332 g/mol. The van der Waals surface area contributed by atoms with Gasteiger partial charge in [0.2, 0.25) is 0 Å². The molecule has 5 aromatic rings. The molecule has 24 heavy (non-hydrogen) atoms. The van der Waals surface area contributed by atoms with Gasteiger partial charge in [0.15, 0.2) is 10.5 Å². The first-order valence-electron chi connectivity index (χ1n) is 7.55. The fourth-order valence-electron chi connectivity index (χ4n) is 2.73. The lowest BCUT2D eigenvalue weighted by molar-refractivity contribution is 0.766. The molecule has 0 N–H and O–H groups in total. The molecule has 3 heterocycles. The second-order valence-corrected chi connectivity index (χ2v) is 6.92. The molecule has 0 aliphatic heterocycles. The lowest BCUT2D eigenvalue weighted by Gasteiger charge is -2.01. The maximum absolute atomic E-state index is 4.63. The van der Waals surface area contributed by atoms with Gasteiger partial charge >= 0.3 is 0 Å². The van der Waals surface area contributed by atoms with Crippen LogP contribution in [0, 0.1) is 13.8 Å². The molecule has 0 unspecified atom stereocenters. The van der Waals surface area contributed by atoms with Gasteiger partial charge in [-0.05, 0) is 49.7 Å². The fraction of sp³-hybridized carbons (Fsp3) is 0.118. The third-order valence-electron chi connectivity index (χ3n) is 3.87. The Morgan fingerprint density at radius 3 is 2.54 bits per heavy atom. The monoisotopic (exact) mass is 332 g/mol. The molecule has 6 nitrogen and oxygen atoms in total. The Balaban J connectivity index is 1.71. The molecule has 7 heteroatoms. The summed E-state index contributed by atoms with van der Waals surface area (Å²) in [5, 5.41) is 10.1. The summed E-state index contributed by atoms with van der Waals surface area (Å²) in [6, 6.07) is 11.9. The molecule has 0 spiro atoms. The number of benzene rings is 2. The van der Waals surface area contributed by atoms with Crippen LogP contribution >= 0.6 is 11.3 Å². The van der Waals surface area contributed by atoms with Gasteiger partial charge in [-0.25, -0.2) is 15.0 Å². The number of rotatable bonds is 1. The average Bonchev–Trinajstić information content (AvgIpc) is 3.13. The molecule has 0 atom stereocenters. The van der Waals surface area contributed by atoms with E-state index in [4.69, 9.17) is 0 Å². The smallest absolute Gasteiger partial charge is 0.190 e. The molecule has 0 bridgehead atoms. The second kappa shape index (κ2) is 4.78. The SMILES string of the molecule is Cc1ccc2nn(-c3ccc4nc5sc(C)nc5nc4c3)nc2c1. The Labute approximate surface area is 140 Å². The van der Waals surface area contributed by atoms with Gasteiger partial charge in [-0.1, -0.05) is 17.4 Å². The van der Waals surface area contributed by atoms with Gasteiger partial charge in [-0.2, -0.15) is 4.80 Å². The Bertz CT molecular complexity index is 1240. The molecule has 0 fully saturated rings. The quantitative estimate of drug-likeness (QED) is 0.469. The van der Waals surface area contributed by atoms with E-state index in [2.05, 4.69) is 25.1 Å². The molecule has 116 valence electrons. The van der Waals surface area contributed by atoms with Crippen LogP contribution in [-0.2, 0) is 0 Å². The van der Waals surface area contributed by atoms with Gasteiger partial charge in [0, 0.05) is 0 Å². The third-order valence-corrected chi connectivity index (χ3v) is 4.73. The van der Waals surface area contributed by atoms with Gasteiger partial charge in [0.25, 0.3) is 0 Å². The van der Waals surface area contributed by atoms with Crippen LogP contribution in [0.2, 0.25) is 0 Å². The number of aryl methyl sites for hydroxylation is 2. The zero-order valence-electron chi connectivity index (χ0n) is 13.1. The predicted octanol–water partition coefficient (Wildman–Crippen LogP) is 3.59. The van der Waals surface area contributed by atoms with Crippen LogP contribution in [0.1, 0.15) is 10.6 Å². The number of nitrogens with zero attached hydrogens (tertiary/aromatic N) is 6. The highest BCUT2D eigenvalue weighted by Gasteiger charge is 2.09. The maximum atomic E-state index is 4.63. The van der Waals surface area contributed by atoms with Crippen LogP contribution in [0.15, 0.2) is 36.4 Å².